The van der Waals surface area contributed by atoms with Gasteiger partial charge in [-0.2, -0.15) is 12.6 Å². The molecule has 6 heteroatoms. The van der Waals surface area contributed by atoms with Crippen LogP contribution in [0.5, 0.6) is 0 Å². The number of amides is 3. The maximum Gasteiger partial charge on any atom is 0.317 e. The van der Waals surface area contributed by atoms with Crippen molar-refractivity contribution in [1.29, 1.82) is 0 Å². The van der Waals surface area contributed by atoms with Crippen molar-refractivity contribution in [2.75, 3.05) is 26.2 Å². The minimum Gasteiger partial charge on any atom is -0.354 e. The normalized spacial score (nSPS) is 18.8. The predicted octanol–water partition coefficient (Wildman–Crippen LogP) is 0.472. The molecule has 0 spiro atoms. The van der Waals surface area contributed by atoms with Crippen molar-refractivity contribution >= 4 is 24.6 Å². The molecule has 5 nitrogen and oxygen atoms in total. The molecule has 2 N–H and O–H groups in total. The van der Waals surface area contributed by atoms with Gasteiger partial charge in [0, 0.05) is 32.1 Å². The van der Waals surface area contributed by atoms with E-state index in [1.165, 1.54) is 0 Å². The first-order valence-corrected chi connectivity index (χ1v) is 6.51. The Morgan fingerprint density at radius 1 is 1.59 bits per heavy atom. The van der Waals surface area contributed by atoms with E-state index in [1.807, 2.05) is 13.8 Å². The van der Waals surface area contributed by atoms with Crippen molar-refractivity contribution in [3.05, 3.63) is 0 Å². The van der Waals surface area contributed by atoms with Gasteiger partial charge in [-0.25, -0.2) is 4.79 Å². The number of urea groups is 1. The van der Waals surface area contributed by atoms with E-state index in [0.717, 1.165) is 13.0 Å². The number of hydrogen-bond acceptors (Lipinski definition) is 3. The van der Waals surface area contributed by atoms with Gasteiger partial charge in [0.1, 0.15) is 0 Å². The van der Waals surface area contributed by atoms with Gasteiger partial charge in [0.25, 0.3) is 0 Å². The number of rotatable bonds is 6. The third kappa shape index (κ3) is 4.85. The first-order valence-electron chi connectivity index (χ1n) is 5.99. The zero-order chi connectivity index (χ0) is 12.8. The molecule has 1 saturated heterocycles. The fraction of sp³-hybridized carbons (Fsp3) is 0.818. The molecule has 1 aliphatic heterocycles. The highest BCUT2D eigenvalue weighted by Gasteiger charge is 2.19. The van der Waals surface area contributed by atoms with Gasteiger partial charge in [-0.05, 0) is 11.7 Å². The first-order chi connectivity index (χ1) is 8.00. The summed E-state index contributed by atoms with van der Waals surface area (Å²) in [6.45, 7) is 6.36. The molecule has 0 bridgehead atoms. The minimum atomic E-state index is -0.0451. The topological polar surface area (TPSA) is 61.4 Å². The molecule has 0 aromatic rings. The van der Waals surface area contributed by atoms with E-state index in [1.54, 1.807) is 4.90 Å². The molecule has 1 aliphatic rings. The number of nitrogens with one attached hydrogen (secondary N) is 2. The van der Waals surface area contributed by atoms with Crippen molar-refractivity contribution in [3.63, 3.8) is 0 Å². The van der Waals surface area contributed by atoms with E-state index in [0.29, 0.717) is 19.6 Å². The summed E-state index contributed by atoms with van der Waals surface area (Å²) in [6, 6.07) is -0.0451. The van der Waals surface area contributed by atoms with Gasteiger partial charge in [0.2, 0.25) is 5.91 Å². The maximum atomic E-state index is 11.7. The molecule has 2 atom stereocenters. The van der Waals surface area contributed by atoms with Crippen LogP contribution in [0.15, 0.2) is 0 Å². The Balaban J connectivity index is 2.17. The zero-order valence-corrected chi connectivity index (χ0v) is 11.3. The Hall–Kier alpha value is -0.910. The molecule has 17 heavy (non-hydrogen) atoms. The van der Waals surface area contributed by atoms with Crippen molar-refractivity contribution in [1.82, 2.24) is 15.5 Å². The Morgan fingerprint density at radius 3 is 2.82 bits per heavy atom. The first kappa shape index (κ1) is 14.2. The fourth-order valence-corrected chi connectivity index (χ4v) is 2.15. The summed E-state index contributed by atoms with van der Waals surface area (Å²) in [6.07, 6.45) is 0.763. The van der Waals surface area contributed by atoms with Crippen LogP contribution in [0.4, 0.5) is 4.79 Å². The quantitative estimate of drug-likeness (QED) is 0.607. The van der Waals surface area contributed by atoms with E-state index in [2.05, 4.69) is 23.3 Å². The van der Waals surface area contributed by atoms with Crippen molar-refractivity contribution in [2.24, 2.45) is 5.92 Å². The van der Waals surface area contributed by atoms with Gasteiger partial charge >= 0.3 is 6.03 Å². The molecule has 0 aliphatic carbocycles. The van der Waals surface area contributed by atoms with E-state index in [4.69, 9.17) is 0 Å². The molecular formula is C11H21N3O2S. The summed E-state index contributed by atoms with van der Waals surface area (Å²) in [5.41, 5.74) is 0. The number of hydrogen-bond donors (Lipinski definition) is 3. The zero-order valence-electron chi connectivity index (χ0n) is 10.4. The molecule has 0 aromatic carbocycles. The Bertz CT molecular complexity index is 284. The van der Waals surface area contributed by atoms with Crippen LogP contribution in [-0.4, -0.2) is 48.3 Å². The Labute approximate surface area is 108 Å². The third-order valence-electron chi connectivity index (χ3n) is 2.77. The molecule has 0 radical (unpaired) electrons. The summed E-state index contributed by atoms with van der Waals surface area (Å²) in [5, 5.41) is 5.78. The standard InChI is InChI=1S/C11H21N3O2S/c1-8(7-9(2)17)10(15)12-3-5-14-6-4-13-11(14)16/h8-9,17H,3-7H2,1-2H3,(H,12,15)(H,13,16). The molecular weight excluding hydrogens is 238 g/mol. The average molecular weight is 259 g/mol. The monoisotopic (exact) mass is 259 g/mol. The average Bonchev–Trinajstić information content (AvgIpc) is 2.63. The Morgan fingerprint density at radius 2 is 2.29 bits per heavy atom. The van der Waals surface area contributed by atoms with Crippen LogP contribution in [-0.2, 0) is 4.79 Å². The minimum absolute atomic E-state index is 0.0325. The molecule has 1 rings (SSSR count). The van der Waals surface area contributed by atoms with Crippen LogP contribution >= 0.6 is 12.6 Å². The second kappa shape index (κ2) is 6.74. The lowest BCUT2D eigenvalue weighted by molar-refractivity contribution is -0.124. The fourth-order valence-electron chi connectivity index (χ4n) is 1.83. The van der Waals surface area contributed by atoms with Gasteiger partial charge in [0.05, 0.1) is 0 Å². The summed E-state index contributed by atoms with van der Waals surface area (Å²) in [4.78, 5) is 24.6. The number of carbonyl (C=O) groups excluding carboxylic acids is 2. The Kier molecular flexibility index (Phi) is 5.61. The highest BCUT2D eigenvalue weighted by atomic mass is 32.1. The predicted molar refractivity (Wildman–Crippen MR) is 70.2 cm³/mol. The van der Waals surface area contributed by atoms with E-state index >= 15 is 0 Å². The number of thiol groups is 1. The van der Waals surface area contributed by atoms with Gasteiger partial charge in [-0.1, -0.05) is 13.8 Å². The van der Waals surface area contributed by atoms with Gasteiger partial charge in [-0.15, -0.1) is 0 Å². The molecule has 3 amide bonds. The van der Waals surface area contributed by atoms with Gasteiger partial charge in [0.15, 0.2) is 0 Å². The molecule has 1 fully saturated rings. The second-order valence-electron chi connectivity index (χ2n) is 4.50. The maximum absolute atomic E-state index is 11.7. The van der Waals surface area contributed by atoms with Crippen LogP contribution in [0.1, 0.15) is 20.3 Å². The largest absolute Gasteiger partial charge is 0.354 e. The summed E-state index contributed by atoms with van der Waals surface area (Å²) >= 11 is 4.26. The summed E-state index contributed by atoms with van der Waals surface area (Å²) < 4.78 is 0. The van der Waals surface area contributed by atoms with Gasteiger partial charge < -0.3 is 15.5 Å². The third-order valence-corrected chi connectivity index (χ3v) is 2.98. The lowest BCUT2D eigenvalue weighted by Crippen LogP contribution is -2.38. The molecule has 0 aromatic heterocycles. The SMILES string of the molecule is CC(S)CC(C)C(=O)NCCN1CCNC1=O. The van der Waals surface area contributed by atoms with Crippen molar-refractivity contribution in [3.8, 4) is 0 Å². The highest BCUT2D eigenvalue weighted by Crippen LogP contribution is 2.09. The van der Waals surface area contributed by atoms with E-state index < -0.39 is 0 Å². The number of carbonyl (C=O) groups is 2. The van der Waals surface area contributed by atoms with E-state index in [9.17, 15) is 9.59 Å². The van der Waals surface area contributed by atoms with Crippen LogP contribution in [0.25, 0.3) is 0 Å². The smallest absolute Gasteiger partial charge is 0.317 e. The van der Waals surface area contributed by atoms with Crippen molar-refractivity contribution in [2.45, 2.75) is 25.5 Å². The van der Waals surface area contributed by atoms with Crippen molar-refractivity contribution < 1.29 is 9.59 Å². The van der Waals surface area contributed by atoms with Crippen LogP contribution in [0.3, 0.4) is 0 Å². The van der Waals surface area contributed by atoms with Crippen LogP contribution in [0, 0.1) is 5.92 Å². The van der Waals surface area contributed by atoms with E-state index in [-0.39, 0.29) is 23.1 Å². The van der Waals surface area contributed by atoms with Gasteiger partial charge in [-0.3, -0.25) is 4.79 Å². The lowest BCUT2D eigenvalue weighted by Gasteiger charge is -2.17. The summed E-state index contributed by atoms with van der Waals surface area (Å²) in [5.74, 6) is 0.000379. The van der Waals surface area contributed by atoms with Crippen LogP contribution < -0.4 is 10.6 Å². The molecule has 98 valence electrons. The second-order valence-corrected chi connectivity index (χ2v) is 5.38. The summed E-state index contributed by atoms with van der Waals surface area (Å²) in [7, 11) is 0. The molecule has 1 heterocycles. The lowest BCUT2D eigenvalue weighted by atomic mass is 10.1. The molecule has 2 unspecified atom stereocenters. The van der Waals surface area contributed by atoms with Crippen LogP contribution in [0.2, 0.25) is 0 Å². The molecule has 0 saturated carbocycles. The highest BCUT2D eigenvalue weighted by molar-refractivity contribution is 7.80. The number of nitrogens with zero attached hydrogens (tertiary/aromatic N) is 1.